The summed E-state index contributed by atoms with van der Waals surface area (Å²) in [5.41, 5.74) is -0.605. The molecule has 17 heavy (non-hydrogen) atoms. The van der Waals surface area contributed by atoms with E-state index in [9.17, 15) is 14.5 Å². The molecule has 1 unspecified atom stereocenters. The molecule has 92 valence electrons. The molecule has 0 saturated carbocycles. The fourth-order valence-electron chi connectivity index (χ4n) is 1.71. The summed E-state index contributed by atoms with van der Waals surface area (Å²) in [6.07, 6.45) is 0.864. The van der Waals surface area contributed by atoms with Gasteiger partial charge in [-0.15, -0.1) is 0 Å². The molecule has 0 N–H and O–H groups in total. The summed E-state index contributed by atoms with van der Waals surface area (Å²) in [5, 5.41) is 10.7. The number of halogens is 1. The van der Waals surface area contributed by atoms with Gasteiger partial charge in [-0.2, -0.15) is 4.39 Å². The van der Waals surface area contributed by atoms with E-state index in [1.165, 1.54) is 12.1 Å². The molecule has 1 aliphatic rings. The van der Waals surface area contributed by atoms with Crippen LogP contribution in [0, 0.1) is 21.8 Å². The number of benzene rings is 1. The van der Waals surface area contributed by atoms with Gasteiger partial charge < -0.3 is 9.47 Å². The van der Waals surface area contributed by atoms with Crippen molar-refractivity contribution in [3.8, 4) is 5.75 Å². The minimum absolute atomic E-state index is 0.0260. The van der Waals surface area contributed by atoms with Crippen LogP contribution in [0.4, 0.5) is 10.1 Å². The van der Waals surface area contributed by atoms with Gasteiger partial charge in [-0.3, -0.25) is 10.1 Å². The van der Waals surface area contributed by atoms with Gasteiger partial charge in [0.1, 0.15) is 0 Å². The lowest BCUT2D eigenvalue weighted by Crippen LogP contribution is -2.12. The molecular weight excluding hydrogens is 229 g/mol. The first kappa shape index (κ1) is 11.8. The Hall–Kier alpha value is -1.69. The van der Waals surface area contributed by atoms with E-state index in [4.69, 9.17) is 9.47 Å². The third-order valence-electron chi connectivity index (χ3n) is 2.63. The smallest absolute Gasteiger partial charge is 0.346 e. The fraction of sp³-hybridized carbons (Fsp3) is 0.455. The molecule has 1 aliphatic heterocycles. The van der Waals surface area contributed by atoms with Gasteiger partial charge in [-0.1, -0.05) is 6.07 Å². The Bertz CT molecular complexity index is 418. The van der Waals surface area contributed by atoms with E-state index in [0.717, 1.165) is 12.5 Å². The average molecular weight is 241 g/mol. The van der Waals surface area contributed by atoms with Crippen LogP contribution in [0.5, 0.6) is 5.75 Å². The molecule has 0 amide bonds. The Morgan fingerprint density at radius 2 is 2.41 bits per heavy atom. The van der Waals surface area contributed by atoms with E-state index < -0.39 is 16.4 Å². The lowest BCUT2D eigenvalue weighted by Gasteiger charge is -2.10. The van der Waals surface area contributed by atoms with Gasteiger partial charge in [0, 0.05) is 12.5 Å². The highest BCUT2D eigenvalue weighted by Gasteiger charge is 2.23. The predicted molar refractivity (Wildman–Crippen MR) is 57.5 cm³/mol. The molecule has 0 bridgehead atoms. The summed E-state index contributed by atoms with van der Waals surface area (Å²) >= 11 is 0. The van der Waals surface area contributed by atoms with Gasteiger partial charge in [0.25, 0.3) is 0 Å². The van der Waals surface area contributed by atoms with Gasteiger partial charge in [-0.05, 0) is 18.6 Å². The summed E-state index contributed by atoms with van der Waals surface area (Å²) in [5.74, 6) is -0.685. The van der Waals surface area contributed by atoms with Crippen LogP contribution < -0.4 is 4.74 Å². The summed E-state index contributed by atoms with van der Waals surface area (Å²) in [7, 11) is 0. The van der Waals surface area contributed by atoms with Crippen LogP contribution >= 0.6 is 0 Å². The lowest BCUT2D eigenvalue weighted by molar-refractivity contribution is -0.388. The third kappa shape index (κ3) is 2.71. The highest BCUT2D eigenvalue weighted by atomic mass is 19.1. The van der Waals surface area contributed by atoms with E-state index in [-0.39, 0.29) is 11.7 Å². The van der Waals surface area contributed by atoms with E-state index in [0.29, 0.717) is 19.8 Å². The highest BCUT2D eigenvalue weighted by Crippen LogP contribution is 2.30. The third-order valence-corrected chi connectivity index (χ3v) is 2.63. The molecule has 1 saturated heterocycles. The molecule has 1 heterocycles. The minimum atomic E-state index is -0.879. The average Bonchev–Trinajstić information content (AvgIpc) is 2.78. The maximum Gasteiger partial charge on any atom is 0.346 e. The molecular formula is C11H12FNO4. The SMILES string of the molecule is O=[N+]([O-])c1c(F)cccc1OCC1CCOC1. The van der Waals surface area contributed by atoms with Crippen LogP contribution in [0.2, 0.25) is 0 Å². The first-order valence-corrected chi connectivity index (χ1v) is 5.32. The van der Waals surface area contributed by atoms with Gasteiger partial charge in [0.15, 0.2) is 5.75 Å². The molecule has 1 aromatic carbocycles. The van der Waals surface area contributed by atoms with E-state index in [1.807, 2.05) is 0 Å². The Balaban J connectivity index is 2.09. The number of para-hydroxylation sites is 1. The predicted octanol–water partition coefficient (Wildman–Crippen LogP) is 2.15. The fourth-order valence-corrected chi connectivity index (χ4v) is 1.71. The number of hydrogen-bond acceptors (Lipinski definition) is 4. The number of nitro groups is 1. The Morgan fingerprint density at radius 3 is 3.06 bits per heavy atom. The second-order valence-corrected chi connectivity index (χ2v) is 3.88. The second kappa shape index (κ2) is 5.09. The van der Waals surface area contributed by atoms with E-state index in [2.05, 4.69) is 0 Å². The standard InChI is InChI=1S/C11H12FNO4/c12-9-2-1-3-10(11(9)13(14)15)17-7-8-4-5-16-6-8/h1-3,8H,4-7H2. The number of hydrogen-bond donors (Lipinski definition) is 0. The van der Waals surface area contributed by atoms with Crippen molar-refractivity contribution in [1.29, 1.82) is 0 Å². The Labute approximate surface area is 97.3 Å². The van der Waals surface area contributed by atoms with Gasteiger partial charge in [0.2, 0.25) is 5.82 Å². The molecule has 0 aromatic heterocycles. The molecule has 1 atom stereocenters. The van der Waals surface area contributed by atoms with Crippen LogP contribution in [0.3, 0.4) is 0 Å². The molecule has 0 spiro atoms. The van der Waals surface area contributed by atoms with E-state index in [1.54, 1.807) is 0 Å². The first-order valence-electron chi connectivity index (χ1n) is 5.32. The Kier molecular flexibility index (Phi) is 3.53. The number of rotatable bonds is 4. The lowest BCUT2D eigenvalue weighted by atomic mass is 10.1. The monoisotopic (exact) mass is 241 g/mol. The molecule has 1 aromatic rings. The quantitative estimate of drug-likeness (QED) is 0.598. The van der Waals surface area contributed by atoms with Crippen LogP contribution in [-0.2, 0) is 4.74 Å². The van der Waals surface area contributed by atoms with Crippen LogP contribution in [0.1, 0.15) is 6.42 Å². The van der Waals surface area contributed by atoms with Crippen molar-refractivity contribution in [3.05, 3.63) is 34.1 Å². The highest BCUT2D eigenvalue weighted by molar-refractivity contribution is 5.47. The van der Waals surface area contributed by atoms with Crippen LogP contribution in [-0.4, -0.2) is 24.7 Å². The Morgan fingerprint density at radius 1 is 1.59 bits per heavy atom. The first-order chi connectivity index (χ1) is 8.18. The van der Waals surface area contributed by atoms with E-state index >= 15 is 0 Å². The zero-order valence-electron chi connectivity index (χ0n) is 9.10. The number of ether oxygens (including phenoxy) is 2. The molecule has 5 nitrogen and oxygen atoms in total. The van der Waals surface area contributed by atoms with Gasteiger partial charge in [0.05, 0.1) is 18.1 Å². The number of nitrogens with zero attached hydrogens (tertiary/aromatic N) is 1. The maximum absolute atomic E-state index is 13.3. The van der Waals surface area contributed by atoms with Crippen LogP contribution in [0.15, 0.2) is 18.2 Å². The molecule has 0 aliphatic carbocycles. The molecule has 6 heteroatoms. The summed E-state index contributed by atoms with van der Waals surface area (Å²) in [4.78, 5) is 9.93. The molecule has 1 fully saturated rings. The van der Waals surface area contributed by atoms with Crippen molar-refractivity contribution in [2.24, 2.45) is 5.92 Å². The summed E-state index contributed by atoms with van der Waals surface area (Å²) in [6.45, 7) is 1.58. The van der Waals surface area contributed by atoms with Crippen molar-refractivity contribution < 1.29 is 18.8 Å². The molecule has 0 radical (unpaired) electrons. The summed E-state index contributed by atoms with van der Waals surface area (Å²) in [6, 6.07) is 3.84. The van der Waals surface area contributed by atoms with Crippen molar-refractivity contribution in [2.45, 2.75) is 6.42 Å². The van der Waals surface area contributed by atoms with Gasteiger partial charge in [-0.25, -0.2) is 0 Å². The van der Waals surface area contributed by atoms with Crippen molar-refractivity contribution in [1.82, 2.24) is 0 Å². The van der Waals surface area contributed by atoms with Crippen molar-refractivity contribution >= 4 is 5.69 Å². The maximum atomic E-state index is 13.3. The second-order valence-electron chi connectivity index (χ2n) is 3.88. The van der Waals surface area contributed by atoms with Crippen molar-refractivity contribution in [3.63, 3.8) is 0 Å². The zero-order chi connectivity index (χ0) is 12.3. The normalized spacial score (nSPS) is 19.2. The largest absolute Gasteiger partial charge is 0.486 e. The van der Waals surface area contributed by atoms with Crippen molar-refractivity contribution in [2.75, 3.05) is 19.8 Å². The zero-order valence-corrected chi connectivity index (χ0v) is 9.10. The summed E-state index contributed by atoms with van der Waals surface area (Å²) < 4.78 is 23.7. The van der Waals surface area contributed by atoms with Gasteiger partial charge >= 0.3 is 5.69 Å². The molecule has 2 rings (SSSR count). The minimum Gasteiger partial charge on any atom is -0.486 e. The topological polar surface area (TPSA) is 61.6 Å². The van der Waals surface area contributed by atoms with Crippen LogP contribution in [0.25, 0.3) is 0 Å². The number of nitro benzene ring substituents is 1.